The molecule has 6 heteroatoms. The van der Waals surface area contributed by atoms with Crippen molar-refractivity contribution in [1.82, 2.24) is 0 Å². The van der Waals surface area contributed by atoms with Gasteiger partial charge in [0.15, 0.2) is 5.76 Å². The van der Waals surface area contributed by atoms with E-state index in [0.29, 0.717) is 11.3 Å². The molecule has 1 atom stereocenters. The SMILES string of the molecule is O=C(Nc1ccccc1O)C1=C(O)C(=O)N(c2ccccc2)[C@H]1c1ccccc1. The van der Waals surface area contributed by atoms with Gasteiger partial charge in [0.05, 0.1) is 17.3 Å². The quantitative estimate of drug-likeness (QED) is 0.593. The van der Waals surface area contributed by atoms with E-state index < -0.39 is 23.6 Å². The van der Waals surface area contributed by atoms with Crippen molar-refractivity contribution in [3.63, 3.8) is 0 Å². The summed E-state index contributed by atoms with van der Waals surface area (Å²) in [6.45, 7) is 0. The maximum absolute atomic E-state index is 13.1. The van der Waals surface area contributed by atoms with Crippen LogP contribution in [0.2, 0.25) is 0 Å². The summed E-state index contributed by atoms with van der Waals surface area (Å²) >= 11 is 0. The van der Waals surface area contributed by atoms with Gasteiger partial charge in [-0.15, -0.1) is 0 Å². The number of amides is 2. The standard InChI is InChI=1S/C23H18N2O4/c26-18-14-8-7-13-17(18)24-22(28)19-20(15-9-3-1-4-10-15)25(23(29)21(19)27)16-11-5-2-6-12-16/h1-14,20,26-27H,(H,24,28)/t20-/m0/s1. The molecule has 0 radical (unpaired) electrons. The molecule has 0 saturated carbocycles. The first-order chi connectivity index (χ1) is 14.1. The van der Waals surface area contributed by atoms with E-state index in [1.54, 1.807) is 60.7 Å². The van der Waals surface area contributed by atoms with E-state index in [4.69, 9.17) is 0 Å². The molecule has 0 fully saturated rings. The molecule has 0 spiro atoms. The summed E-state index contributed by atoms with van der Waals surface area (Å²) in [4.78, 5) is 27.4. The van der Waals surface area contributed by atoms with Crippen LogP contribution in [0.15, 0.2) is 96.3 Å². The number of phenols is 1. The molecule has 0 saturated heterocycles. The Balaban J connectivity index is 1.79. The van der Waals surface area contributed by atoms with Crippen LogP contribution in [0.25, 0.3) is 0 Å². The Morgan fingerprint density at radius 2 is 1.41 bits per heavy atom. The largest absolute Gasteiger partial charge is 0.506 e. The minimum absolute atomic E-state index is 0.0756. The van der Waals surface area contributed by atoms with E-state index in [0.717, 1.165) is 0 Å². The van der Waals surface area contributed by atoms with Crippen LogP contribution >= 0.6 is 0 Å². The number of rotatable bonds is 4. The summed E-state index contributed by atoms with van der Waals surface area (Å²) in [5.74, 6) is -2.05. The van der Waals surface area contributed by atoms with E-state index in [9.17, 15) is 19.8 Å². The van der Waals surface area contributed by atoms with Crippen molar-refractivity contribution < 1.29 is 19.8 Å². The van der Waals surface area contributed by atoms with Crippen LogP contribution in [0.3, 0.4) is 0 Å². The van der Waals surface area contributed by atoms with Crippen LogP contribution in [-0.2, 0) is 9.59 Å². The van der Waals surface area contributed by atoms with Crippen molar-refractivity contribution in [3.8, 4) is 5.75 Å². The fourth-order valence-corrected chi connectivity index (χ4v) is 3.41. The van der Waals surface area contributed by atoms with E-state index in [-0.39, 0.29) is 17.0 Å². The minimum Gasteiger partial charge on any atom is -0.506 e. The molecular weight excluding hydrogens is 368 g/mol. The molecular formula is C23H18N2O4. The summed E-state index contributed by atoms with van der Waals surface area (Å²) in [6.07, 6.45) is 0. The number of hydrogen-bond donors (Lipinski definition) is 3. The highest BCUT2D eigenvalue weighted by Gasteiger charge is 2.44. The van der Waals surface area contributed by atoms with Crippen LogP contribution in [0.5, 0.6) is 5.75 Å². The first-order valence-corrected chi connectivity index (χ1v) is 9.04. The summed E-state index contributed by atoms with van der Waals surface area (Å²) in [7, 11) is 0. The van der Waals surface area contributed by atoms with Gasteiger partial charge in [-0.05, 0) is 29.8 Å². The van der Waals surface area contributed by atoms with Crippen molar-refractivity contribution >= 4 is 23.2 Å². The Labute approximate surface area is 167 Å². The van der Waals surface area contributed by atoms with Gasteiger partial charge in [0.25, 0.3) is 11.8 Å². The van der Waals surface area contributed by atoms with Gasteiger partial charge in [-0.3, -0.25) is 14.5 Å². The predicted octanol–water partition coefficient (Wildman–Crippen LogP) is 3.93. The van der Waals surface area contributed by atoms with Gasteiger partial charge in [0.1, 0.15) is 5.75 Å². The second-order valence-corrected chi connectivity index (χ2v) is 6.56. The summed E-state index contributed by atoms with van der Waals surface area (Å²) in [5.41, 5.74) is 1.35. The highest BCUT2D eigenvalue weighted by Crippen LogP contribution is 2.41. The van der Waals surface area contributed by atoms with Crippen molar-refractivity contribution in [1.29, 1.82) is 0 Å². The fraction of sp³-hybridized carbons (Fsp3) is 0.0435. The van der Waals surface area contributed by atoms with E-state index in [2.05, 4.69) is 5.32 Å². The number of benzene rings is 3. The molecule has 1 heterocycles. The van der Waals surface area contributed by atoms with Crippen LogP contribution in [0, 0.1) is 0 Å². The second kappa shape index (κ2) is 7.52. The molecule has 0 bridgehead atoms. The highest BCUT2D eigenvalue weighted by atomic mass is 16.3. The zero-order valence-corrected chi connectivity index (χ0v) is 15.3. The zero-order valence-electron chi connectivity index (χ0n) is 15.3. The van der Waals surface area contributed by atoms with Crippen molar-refractivity contribution in [3.05, 3.63) is 102 Å². The number of carbonyl (C=O) groups excluding carboxylic acids is 2. The molecule has 4 rings (SSSR count). The lowest BCUT2D eigenvalue weighted by Gasteiger charge is -2.27. The number of anilines is 2. The van der Waals surface area contributed by atoms with Gasteiger partial charge in [0.2, 0.25) is 0 Å². The third kappa shape index (κ3) is 3.32. The molecule has 0 aliphatic carbocycles. The van der Waals surface area contributed by atoms with E-state index in [1.807, 2.05) is 12.1 Å². The Morgan fingerprint density at radius 1 is 0.828 bits per heavy atom. The maximum Gasteiger partial charge on any atom is 0.294 e. The molecule has 144 valence electrons. The number of aliphatic hydroxyl groups is 1. The van der Waals surface area contributed by atoms with Gasteiger partial charge in [-0.25, -0.2) is 0 Å². The number of phenolic OH excluding ortho intramolecular Hbond substituents is 1. The summed E-state index contributed by atoms with van der Waals surface area (Å²) < 4.78 is 0. The molecule has 3 aromatic carbocycles. The summed E-state index contributed by atoms with van der Waals surface area (Å²) in [5, 5.41) is 23.2. The van der Waals surface area contributed by atoms with Crippen LogP contribution in [-0.4, -0.2) is 22.0 Å². The van der Waals surface area contributed by atoms with E-state index in [1.165, 1.54) is 17.0 Å². The molecule has 3 N–H and O–H groups in total. The number of carbonyl (C=O) groups is 2. The topological polar surface area (TPSA) is 89.9 Å². The number of aliphatic hydroxyl groups excluding tert-OH is 1. The Morgan fingerprint density at radius 3 is 2.07 bits per heavy atom. The van der Waals surface area contributed by atoms with Gasteiger partial charge in [-0.2, -0.15) is 0 Å². The Kier molecular flexibility index (Phi) is 4.75. The van der Waals surface area contributed by atoms with Crippen molar-refractivity contribution in [2.45, 2.75) is 6.04 Å². The van der Waals surface area contributed by atoms with Crippen LogP contribution in [0.1, 0.15) is 11.6 Å². The number of para-hydroxylation sites is 3. The molecule has 0 unspecified atom stereocenters. The molecule has 2 amide bonds. The van der Waals surface area contributed by atoms with Gasteiger partial charge in [-0.1, -0.05) is 60.7 Å². The lowest BCUT2D eigenvalue weighted by atomic mass is 9.98. The lowest BCUT2D eigenvalue weighted by molar-refractivity contribution is -0.117. The van der Waals surface area contributed by atoms with Gasteiger partial charge in [0, 0.05) is 5.69 Å². The van der Waals surface area contributed by atoms with Crippen LogP contribution in [0.4, 0.5) is 11.4 Å². The number of nitrogens with one attached hydrogen (secondary N) is 1. The van der Waals surface area contributed by atoms with Crippen molar-refractivity contribution in [2.75, 3.05) is 10.2 Å². The minimum atomic E-state index is -0.808. The normalized spacial score (nSPS) is 16.2. The number of nitrogens with zero attached hydrogens (tertiary/aromatic N) is 1. The highest BCUT2D eigenvalue weighted by molar-refractivity contribution is 6.18. The molecule has 1 aliphatic heterocycles. The Bertz CT molecular complexity index is 1090. The predicted molar refractivity (Wildman–Crippen MR) is 110 cm³/mol. The Hall–Kier alpha value is -4.06. The summed E-state index contributed by atoms with van der Waals surface area (Å²) in [6, 6.07) is 23.3. The number of hydrogen-bond acceptors (Lipinski definition) is 4. The third-order valence-corrected chi connectivity index (χ3v) is 4.75. The molecule has 1 aliphatic rings. The van der Waals surface area contributed by atoms with Gasteiger partial charge >= 0.3 is 0 Å². The zero-order chi connectivity index (χ0) is 20.4. The number of aromatic hydroxyl groups is 1. The second-order valence-electron chi connectivity index (χ2n) is 6.56. The smallest absolute Gasteiger partial charge is 0.294 e. The fourth-order valence-electron chi connectivity index (χ4n) is 3.41. The molecule has 29 heavy (non-hydrogen) atoms. The monoisotopic (exact) mass is 386 g/mol. The van der Waals surface area contributed by atoms with Crippen LogP contribution < -0.4 is 10.2 Å². The molecule has 0 aromatic heterocycles. The average molecular weight is 386 g/mol. The lowest BCUT2D eigenvalue weighted by Crippen LogP contribution is -2.31. The molecule has 6 nitrogen and oxygen atoms in total. The maximum atomic E-state index is 13.1. The first-order valence-electron chi connectivity index (χ1n) is 9.04. The van der Waals surface area contributed by atoms with E-state index >= 15 is 0 Å². The molecule has 3 aromatic rings. The van der Waals surface area contributed by atoms with Gasteiger partial charge < -0.3 is 15.5 Å². The van der Waals surface area contributed by atoms with Crippen molar-refractivity contribution in [2.24, 2.45) is 0 Å². The average Bonchev–Trinajstić information content (AvgIpc) is 3.02. The first kappa shape index (κ1) is 18.3. The third-order valence-electron chi connectivity index (χ3n) is 4.75.